The average molecular weight is 370 g/mol. The molecule has 1 unspecified atom stereocenters. The number of hydrogen-bond donors (Lipinski definition) is 1. The number of nitrogens with zero attached hydrogens (tertiary/aromatic N) is 2. The lowest BCUT2D eigenvalue weighted by Crippen LogP contribution is -2.47. The minimum atomic E-state index is -2.99. The van der Waals surface area contributed by atoms with E-state index in [1.165, 1.54) is 12.7 Å². The van der Waals surface area contributed by atoms with E-state index in [-0.39, 0.29) is 5.75 Å². The Kier molecular flexibility index (Phi) is 6.98. The van der Waals surface area contributed by atoms with Crippen LogP contribution in [0.1, 0.15) is 24.5 Å². The summed E-state index contributed by atoms with van der Waals surface area (Å²) in [6, 6.07) is 7.71. The second kappa shape index (κ2) is 8.76. The highest BCUT2D eigenvalue weighted by Crippen LogP contribution is 2.21. The third-order valence-electron chi connectivity index (χ3n) is 4.01. The molecule has 2 rings (SSSR count). The molecule has 1 aromatic carbocycles. The number of benzene rings is 1. The molecule has 0 aliphatic carbocycles. The van der Waals surface area contributed by atoms with E-state index in [2.05, 4.69) is 22.1 Å². The summed E-state index contributed by atoms with van der Waals surface area (Å²) in [6.07, 6.45) is 2.44. The molecule has 0 aromatic heterocycles. The summed E-state index contributed by atoms with van der Waals surface area (Å²) in [6.45, 7) is 4.98. The van der Waals surface area contributed by atoms with Crippen molar-refractivity contribution < 1.29 is 8.42 Å². The average Bonchev–Trinajstić information content (AvgIpc) is 2.56. The first kappa shape index (κ1) is 19.1. The van der Waals surface area contributed by atoms with E-state index in [0.29, 0.717) is 11.8 Å². The van der Waals surface area contributed by atoms with Crippen molar-refractivity contribution >= 4 is 27.6 Å². The molecule has 1 aliphatic rings. The lowest BCUT2D eigenvalue weighted by molar-refractivity contribution is 0.408. The lowest BCUT2D eigenvalue weighted by Gasteiger charge is -2.34. The third kappa shape index (κ3) is 6.02. The Morgan fingerprint density at radius 2 is 2.00 bits per heavy atom. The first-order valence-corrected chi connectivity index (χ1v) is 11.3. The molecule has 1 heterocycles. The van der Waals surface area contributed by atoms with Gasteiger partial charge in [-0.25, -0.2) is 8.42 Å². The molecule has 1 saturated heterocycles. The molecule has 0 spiro atoms. The van der Waals surface area contributed by atoms with E-state index < -0.39 is 9.84 Å². The lowest BCUT2D eigenvalue weighted by atomic mass is 10.1. The fraction of sp³-hybridized carbons (Fsp3) is 0.588. The zero-order valence-electron chi connectivity index (χ0n) is 14.7. The number of thioether (sulfide) groups is 1. The van der Waals surface area contributed by atoms with Crippen LogP contribution in [0.15, 0.2) is 29.3 Å². The Morgan fingerprint density at radius 3 is 2.58 bits per heavy atom. The molecule has 0 saturated carbocycles. The summed E-state index contributed by atoms with van der Waals surface area (Å²) >= 11 is 2.04. The third-order valence-corrected chi connectivity index (χ3v) is 6.24. The second-order valence-electron chi connectivity index (χ2n) is 6.13. The molecule has 1 atom stereocenters. The molecule has 24 heavy (non-hydrogen) atoms. The van der Waals surface area contributed by atoms with Gasteiger partial charge >= 0.3 is 0 Å². The van der Waals surface area contributed by atoms with Gasteiger partial charge in [-0.1, -0.05) is 31.2 Å². The zero-order valence-corrected chi connectivity index (χ0v) is 16.3. The largest absolute Gasteiger partial charge is 0.352 e. The first-order valence-electron chi connectivity index (χ1n) is 8.24. The number of hydrogen-bond acceptors (Lipinski definition) is 4. The minimum absolute atomic E-state index is 0.0895. The van der Waals surface area contributed by atoms with Crippen LogP contribution >= 0.6 is 11.8 Å². The van der Waals surface area contributed by atoms with Gasteiger partial charge in [-0.2, -0.15) is 11.8 Å². The zero-order chi connectivity index (χ0) is 17.6. The number of nitrogens with one attached hydrogen (secondary N) is 1. The summed E-state index contributed by atoms with van der Waals surface area (Å²) in [5, 5.41) is 4.09. The van der Waals surface area contributed by atoms with Gasteiger partial charge in [0, 0.05) is 43.9 Å². The van der Waals surface area contributed by atoms with Crippen molar-refractivity contribution in [3.05, 3.63) is 35.4 Å². The summed E-state index contributed by atoms with van der Waals surface area (Å²) in [7, 11) is -1.17. The topological polar surface area (TPSA) is 61.8 Å². The fourth-order valence-electron chi connectivity index (χ4n) is 2.73. The van der Waals surface area contributed by atoms with Crippen LogP contribution in [0.25, 0.3) is 0 Å². The molecule has 5 nitrogen and oxygen atoms in total. The van der Waals surface area contributed by atoms with Crippen LogP contribution in [0.3, 0.4) is 0 Å². The molecule has 7 heteroatoms. The van der Waals surface area contributed by atoms with Gasteiger partial charge < -0.3 is 10.2 Å². The maximum Gasteiger partial charge on any atom is 0.193 e. The van der Waals surface area contributed by atoms with Crippen LogP contribution in [0.2, 0.25) is 0 Å². The second-order valence-corrected chi connectivity index (χ2v) is 9.68. The predicted molar refractivity (Wildman–Crippen MR) is 103 cm³/mol. The van der Waals surface area contributed by atoms with Gasteiger partial charge in [-0.15, -0.1) is 0 Å². The van der Waals surface area contributed by atoms with Gasteiger partial charge in [0.25, 0.3) is 0 Å². The van der Waals surface area contributed by atoms with Crippen LogP contribution in [-0.4, -0.2) is 56.7 Å². The summed E-state index contributed by atoms with van der Waals surface area (Å²) in [4.78, 5) is 6.73. The van der Waals surface area contributed by atoms with E-state index in [1.807, 2.05) is 43.1 Å². The van der Waals surface area contributed by atoms with Crippen LogP contribution in [0, 0.1) is 0 Å². The van der Waals surface area contributed by atoms with E-state index in [9.17, 15) is 8.42 Å². The highest BCUT2D eigenvalue weighted by molar-refractivity contribution is 8.00. The summed E-state index contributed by atoms with van der Waals surface area (Å²) < 4.78 is 22.7. The van der Waals surface area contributed by atoms with Crippen molar-refractivity contribution in [2.24, 2.45) is 4.99 Å². The molecule has 0 bridgehead atoms. The van der Waals surface area contributed by atoms with Gasteiger partial charge in [0.15, 0.2) is 15.8 Å². The SMILES string of the molecule is CCC1CN(C(=NC)NCc2ccc(CS(C)(=O)=O)cc2)CCS1. The van der Waals surface area contributed by atoms with Gasteiger partial charge in [-0.05, 0) is 17.5 Å². The van der Waals surface area contributed by atoms with Gasteiger partial charge in [0.1, 0.15) is 0 Å². The van der Waals surface area contributed by atoms with Crippen molar-refractivity contribution in [2.45, 2.75) is 30.9 Å². The Hall–Kier alpha value is -1.21. The highest BCUT2D eigenvalue weighted by Gasteiger charge is 2.21. The van der Waals surface area contributed by atoms with Crippen molar-refractivity contribution in [1.29, 1.82) is 0 Å². The maximum atomic E-state index is 11.3. The summed E-state index contributed by atoms with van der Waals surface area (Å²) in [5.74, 6) is 2.17. The molecule has 1 aliphatic heterocycles. The molecule has 1 aromatic rings. The van der Waals surface area contributed by atoms with E-state index in [0.717, 1.165) is 35.9 Å². The van der Waals surface area contributed by atoms with Crippen molar-refractivity contribution in [1.82, 2.24) is 10.2 Å². The van der Waals surface area contributed by atoms with Crippen molar-refractivity contribution in [3.63, 3.8) is 0 Å². The van der Waals surface area contributed by atoms with E-state index in [1.54, 1.807) is 0 Å². The Bertz CT molecular complexity index is 657. The fourth-order valence-corrected chi connectivity index (χ4v) is 4.71. The standard InChI is InChI=1S/C17H27N3O2S2/c1-4-16-12-20(9-10-23-16)17(18-2)19-11-14-5-7-15(8-6-14)13-24(3,21)22/h5-8,16H,4,9-13H2,1-3H3,(H,18,19). The first-order chi connectivity index (χ1) is 11.4. The van der Waals surface area contributed by atoms with Crippen LogP contribution in [-0.2, 0) is 22.1 Å². The molecule has 1 N–H and O–H groups in total. The van der Waals surface area contributed by atoms with E-state index in [4.69, 9.17) is 0 Å². The van der Waals surface area contributed by atoms with Crippen molar-refractivity contribution in [2.75, 3.05) is 32.1 Å². The van der Waals surface area contributed by atoms with Crippen LogP contribution < -0.4 is 5.32 Å². The molecular weight excluding hydrogens is 342 g/mol. The van der Waals surface area contributed by atoms with Crippen LogP contribution in [0.5, 0.6) is 0 Å². The molecule has 0 radical (unpaired) electrons. The number of sulfone groups is 1. The van der Waals surface area contributed by atoms with Gasteiger partial charge in [0.05, 0.1) is 5.75 Å². The molecule has 1 fully saturated rings. The van der Waals surface area contributed by atoms with Gasteiger partial charge in [-0.3, -0.25) is 4.99 Å². The molecular formula is C17H27N3O2S2. The molecule has 0 amide bonds. The van der Waals surface area contributed by atoms with Crippen molar-refractivity contribution in [3.8, 4) is 0 Å². The molecule has 134 valence electrons. The van der Waals surface area contributed by atoms with Gasteiger partial charge in [0.2, 0.25) is 0 Å². The Balaban J connectivity index is 1.91. The smallest absolute Gasteiger partial charge is 0.193 e. The monoisotopic (exact) mass is 369 g/mol. The Labute approximate surface area is 149 Å². The minimum Gasteiger partial charge on any atom is -0.352 e. The Morgan fingerprint density at radius 1 is 1.33 bits per heavy atom. The quantitative estimate of drug-likeness (QED) is 0.636. The van der Waals surface area contributed by atoms with Crippen LogP contribution in [0.4, 0.5) is 0 Å². The maximum absolute atomic E-state index is 11.3. The highest BCUT2D eigenvalue weighted by atomic mass is 32.2. The predicted octanol–water partition coefficient (Wildman–Crippen LogP) is 2.13. The number of rotatable bonds is 5. The number of guanidine groups is 1. The van der Waals surface area contributed by atoms with E-state index >= 15 is 0 Å². The summed E-state index contributed by atoms with van der Waals surface area (Å²) in [5.41, 5.74) is 1.94. The number of aliphatic imine (C=N–C) groups is 1. The normalized spacial score (nSPS) is 19.4.